The molecule has 0 saturated carbocycles. The van der Waals surface area contributed by atoms with Crippen LogP contribution in [0.15, 0.2) is 30.7 Å². The minimum absolute atomic E-state index is 0.374. The van der Waals surface area contributed by atoms with E-state index < -0.39 is 5.60 Å². The number of nitrogens with zero attached hydrogens (tertiary/aromatic N) is 1. The quantitative estimate of drug-likeness (QED) is 0.647. The molecule has 0 amide bonds. The van der Waals surface area contributed by atoms with Crippen LogP contribution in [0.3, 0.4) is 0 Å². The van der Waals surface area contributed by atoms with Crippen molar-refractivity contribution in [2.75, 3.05) is 0 Å². The van der Waals surface area contributed by atoms with Crippen molar-refractivity contribution < 1.29 is 9.31 Å². The van der Waals surface area contributed by atoms with Gasteiger partial charge >= 0.3 is 7.12 Å². The zero-order valence-corrected chi connectivity index (χ0v) is 9.28. The van der Waals surface area contributed by atoms with Crippen molar-refractivity contribution in [3.05, 3.63) is 36.4 Å². The van der Waals surface area contributed by atoms with E-state index in [1.807, 2.05) is 32.9 Å². The topological polar surface area (TPSA) is 31.4 Å². The van der Waals surface area contributed by atoms with Gasteiger partial charge < -0.3 is 9.31 Å². The predicted molar refractivity (Wildman–Crippen MR) is 59.8 cm³/mol. The highest BCUT2D eigenvalue weighted by molar-refractivity contribution is 6.62. The molecule has 3 nitrogen and oxygen atoms in total. The summed E-state index contributed by atoms with van der Waals surface area (Å²) in [4.78, 5) is 4.21. The van der Waals surface area contributed by atoms with Crippen LogP contribution in [-0.4, -0.2) is 17.7 Å². The van der Waals surface area contributed by atoms with Crippen LogP contribution >= 0.6 is 0 Å². The summed E-state index contributed by atoms with van der Waals surface area (Å²) in [5, 5.41) is 0. The van der Waals surface area contributed by atoms with Gasteiger partial charge in [-0.05, 0) is 26.8 Å². The lowest BCUT2D eigenvalue weighted by atomic mass is 9.78. The average Bonchev–Trinajstić information content (AvgIpc) is 2.42. The van der Waals surface area contributed by atoms with Gasteiger partial charge in [0.25, 0.3) is 0 Å². The maximum Gasteiger partial charge on any atom is 0.565 e. The third kappa shape index (κ3) is 1.77. The fraction of sp³-hybridized carbons (Fsp3) is 0.364. The summed E-state index contributed by atoms with van der Waals surface area (Å²) >= 11 is 0. The first-order valence-electron chi connectivity index (χ1n) is 4.96. The molecule has 4 heteroatoms. The van der Waals surface area contributed by atoms with Gasteiger partial charge in [0.2, 0.25) is 0 Å². The molecular weight excluding hydrogens is 189 g/mol. The monoisotopic (exact) mass is 203 g/mol. The molecule has 2 heterocycles. The van der Waals surface area contributed by atoms with Crippen LogP contribution in [0.25, 0.3) is 0 Å². The highest BCUT2D eigenvalue weighted by Crippen LogP contribution is 2.29. The highest BCUT2D eigenvalue weighted by atomic mass is 16.7. The summed E-state index contributed by atoms with van der Waals surface area (Å²) in [6.07, 6.45) is 1.76. The standard InChI is InChI=1S/C11H14BNO2/c1-8-10(6-5-7-13-8)12-14-9(2)11(3,4)15-12/h5-7H,2H2,1,3-4H3. The van der Waals surface area contributed by atoms with E-state index in [0.29, 0.717) is 5.76 Å². The molecule has 0 radical (unpaired) electrons. The molecule has 1 aliphatic rings. The average molecular weight is 203 g/mol. The molecule has 0 aromatic carbocycles. The molecule has 15 heavy (non-hydrogen) atoms. The van der Waals surface area contributed by atoms with Crippen molar-refractivity contribution in [2.24, 2.45) is 0 Å². The minimum atomic E-state index is -0.424. The molecule has 0 unspecified atom stereocenters. The summed E-state index contributed by atoms with van der Waals surface area (Å²) in [5.74, 6) is 0.663. The van der Waals surface area contributed by atoms with E-state index in [2.05, 4.69) is 11.6 Å². The van der Waals surface area contributed by atoms with E-state index in [9.17, 15) is 0 Å². The van der Waals surface area contributed by atoms with Gasteiger partial charge in [-0.25, -0.2) is 0 Å². The fourth-order valence-electron chi connectivity index (χ4n) is 1.50. The van der Waals surface area contributed by atoms with Crippen molar-refractivity contribution in [3.63, 3.8) is 0 Å². The third-order valence-electron chi connectivity index (χ3n) is 2.62. The van der Waals surface area contributed by atoms with Crippen molar-refractivity contribution in [1.82, 2.24) is 4.98 Å². The van der Waals surface area contributed by atoms with Gasteiger partial charge in [-0.15, -0.1) is 0 Å². The molecule has 0 N–H and O–H groups in total. The largest absolute Gasteiger partial charge is 0.565 e. The number of pyridine rings is 1. The zero-order chi connectivity index (χ0) is 11.1. The van der Waals surface area contributed by atoms with E-state index in [4.69, 9.17) is 9.31 Å². The van der Waals surface area contributed by atoms with Gasteiger partial charge in [-0.3, -0.25) is 4.98 Å². The molecule has 1 fully saturated rings. The lowest BCUT2D eigenvalue weighted by Gasteiger charge is -2.15. The molecule has 78 valence electrons. The summed E-state index contributed by atoms with van der Waals surface area (Å²) in [6, 6.07) is 3.84. The Morgan fingerprint density at radius 1 is 1.47 bits per heavy atom. The minimum Gasteiger partial charge on any atom is -0.534 e. The zero-order valence-electron chi connectivity index (χ0n) is 9.28. The maximum atomic E-state index is 5.77. The fourth-order valence-corrected chi connectivity index (χ4v) is 1.50. The molecule has 0 bridgehead atoms. The Labute approximate surface area is 90.3 Å². The summed E-state index contributed by atoms with van der Waals surface area (Å²) in [5.41, 5.74) is 1.46. The Balaban J connectivity index is 2.29. The summed E-state index contributed by atoms with van der Waals surface area (Å²) < 4.78 is 11.4. The third-order valence-corrected chi connectivity index (χ3v) is 2.62. The van der Waals surface area contributed by atoms with E-state index >= 15 is 0 Å². The van der Waals surface area contributed by atoms with Crippen LogP contribution in [0, 0.1) is 6.92 Å². The van der Waals surface area contributed by atoms with Crippen molar-refractivity contribution in [3.8, 4) is 0 Å². The van der Waals surface area contributed by atoms with Crippen LogP contribution in [0.2, 0.25) is 0 Å². The smallest absolute Gasteiger partial charge is 0.534 e. The first-order valence-corrected chi connectivity index (χ1v) is 4.96. The molecule has 1 aliphatic heterocycles. The first kappa shape index (κ1) is 10.2. The van der Waals surface area contributed by atoms with Crippen molar-refractivity contribution >= 4 is 12.6 Å². The van der Waals surface area contributed by atoms with Gasteiger partial charge in [0.1, 0.15) is 5.60 Å². The van der Waals surface area contributed by atoms with Gasteiger partial charge in [-0.1, -0.05) is 12.6 Å². The lowest BCUT2D eigenvalue weighted by molar-refractivity contribution is 0.173. The number of hydrogen-bond acceptors (Lipinski definition) is 3. The number of aryl methyl sites for hydroxylation is 1. The van der Waals surface area contributed by atoms with Crippen molar-refractivity contribution in [2.45, 2.75) is 26.4 Å². The molecule has 0 spiro atoms. The van der Waals surface area contributed by atoms with Crippen LogP contribution in [0.1, 0.15) is 19.5 Å². The molecule has 1 aromatic rings. The van der Waals surface area contributed by atoms with E-state index in [0.717, 1.165) is 11.2 Å². The predicted octanol–water partition coefficient (Wildman–Crippen LogP) is 1.42. The van der Waals surface area contributed by atoms with Gasteiger partial charge in [-0.2, -0.15) is 0 Å². The second-order valence-corrected chi connectivity index (χ2v) is 4.18. The van der Waals surface area contributed by atoms with Gasteiger partial charge in [0, 0.05) is 17.4 Å². The Kier molecular flexibility index (Phi) is 2.31. The Hall–Kier alpha value is -1.29. The summed E-state index contributed by atoms with van der Waals surface area (Å²) in [7, 11) is -0.374. The van der Waals surface area contributed by atoms with Crippen LogP contribution < -0.4 is 5.46 Å². The first-order chi connectivity index (χ1) is 7.00. The van der Waals surface area contributed by atoms with E-state index in [1.54, 1.807) is 6.20 Å². The highest BCUT2D eigenvalue weighted by Gasteiger charge is 2.43. The lowest BCUT2D eigenvalue weighted by Crippen LogP contribution is -2.36. The molecule has 2 rings (SSSR count). The second-order valence-electron chi connectivity index (χ2n) is 4.18. The normalized spacial score (nSPS) is 19.1. The SMILES string of the molecule is C=C1OB(c2cccnc2C)OC1(C)C. The van der Waals surface area contributed by atoms with Crippen LogP contribution in [-0.2, 0) is 9.31 Å². The Morgan fingerprint density at radius 2 is 2.20 bits per heavy atom. The van der Waals surface area contributed by atoms with Gasteiger partial charge in [0.15, 0.2) is 0 Å². The number of hydrogen-bond donors (Lipinski definition) is 0. The van der Waals surface area contributed by atoms with Crippen LogP contribution in [0.4, 0.5) is 0 Å². The number of aromatic nitrogens is 1. The molecule has 1 aromatic heterocycles. The van der Waals surface area contributed by atoms with Crippen LogP contribution in [0.5, 0.6) is 0 Å². The summed E-state index contributed by atoms with van der Waals surface area (Å²) in [6.45, 7) is 9.68. The van der Waals surface area contributed by atoms with E-state index in [-0.39, 0.29) is 7.12 Å². The maximum absolute atomic E-state index is 5.77. The van der Waals surface area contributed by atoms with E-state index in [1.165, 1.54) is 0 Å². The van der Waals surface area contributed by atoms with Crippen molar-refractivity contribution in [1.29, 1.82) is 0 Å². The number of rotatable bonds is 1. The second kappa shape index (κ2) is 3.38. The molecule has 1 saturated heterocycles. The molecule has 0 aliphatic carbocycles. The molecule has 0 atom stereocenters. The Morgan fingerprint density at radius 3 is 2.73 bits per heavy atom. The van der Waals surface area contributed by atoms with Gasteiger partial charge in [0.05, 0.1) is 5.76 Å². The molecular formula is C11H14BNO2. The Bertz CT molecular complexity index is 403.